The van der Waals surface area contributed by atoms with Gasteiger partial charge in [0.2, 0.25) is 10.0 Å². The molecule has 0 heterocycles. The molecule has 0 aliphatic rings. The first kappa shape index (κ1) is 13.6. The highest BCUT2D eigenvalue weighted by molar-refractivity contribution is 7.89. The fourth-order valence-corrected chi connectivity index (χ4v) is 1.64. The fourth-order valence-electron chi connectivity index (χ4n) is 1.13. The van der Waals surface area contributed by atoms with Gasteiger partial charge in [0.1, 0.15) is 6.61 Å². The zero-order valence-electron chi connectivity index (χ0n) is 9.13. The molecule has 0 unspecified atom stereocenters. The third-order valence-electron chi connectivity index (χ3n) is 2.00. The number of benzene rings is 1. The largest absolute Gasteiger partial charge is 0.461 e. The monoisotopic (exact) mass is 258 g/mol. The van der Waals surface area contributed by atoms with Gasteiger partial charge in [-0.3, -0.25) is 4.79 Å². The fraction of sp³-hybridized carbons (Fsp3) is 0.300. The SMILES string of the molecule is NCCC(=O)OCc1ccc(S(N)(=O)=O)cc1. The summed E-state index contributed by atoms with van der Waals surface area (Å²) in [6.45, 7) is 0.326. The number of primary sulfonamides is 1. The van der Waals surface area contributed by atoms with Crippen molar-refractivity contribution in [3.05, 3.63) is 29.8 Å². The van der Waals surface area contributed by atoms with Gasteiger partial charge < -0.3 is 10.5 Å². The number of esters is 1. The van der Waals surface area contributed by atoms with Crippen LogP contribution >= 0.6 is 0 Å². The van der Waals surface area contributed by atoms with Gasteiger partial charge in [0.25, 0.3) is 0 Å². The van der Waals surface area contributed by atoms with Crippen LogP contribution in [0.2, 0.25) is 0 Å². The summed E-state index contributed by atoms with van der Waals surface area (Å²) in [7, 11) is -3.68. The van der Waals surface area contributed by atoms with Crippen LogP contribution in [0.5, 0.6) is 0 Å². The van der Waals surface area contributed by atoms with Gasteiger partial charge in [-0.25, -0.2) is 13.6 Å². The lowest BCUT2D eigenvalue weighted by Gasteiger charge is -2.04. The molecule has 0 saturated carbocycles. The summed E-state index contributed by atoms with van der Waals surface area (Å²) in [4.78, 5) is 11.0. The van der Waals surface area contributed by atoms with Crippen LogP contribution in [-0.4, -0.2) is 20.9 Å². The van der Waals surface area contributed by atoms with Crippen molar-refractivity contribution in [3.63, 3.8) is 0 Å². The maximum absolute atomic E-state index is 11.0. The topological polar surface area (TPSA) is 112 Å². The second kappa shape index (κ2) is 5.76. The molecular weight excluding hydrogens is 244 g/mol. The molecule has 0 amide bonds. The van der Waals surface area contributed by atoms with E-state index in [4.69, 9.17) is 15.6 Å². The smallest absolute Gasteiger partial charge is 0.307 e. The Morgan fingerprint density at radius 2 is 1.82 bits per heavy atom. The van der Waals surface area contributed by atoms with Gasteiger partial charge in [-0.2, -0.15) is 0 Å². The predicted octanol–water partition coefficient (Wildman–Crippen LogP) is -0.274. The molecule has 0 fully saturated rings. The molecular formula is C10H14N2O4S. The number of hydrogen-bond acceptors (Lipinski definition) is 5. The van der Waals surface area contributed by atoms with Crippen molar-refractivity contribution in [3.8, 4) is 0 Å². The van der Waals surface area contributed by atoms with Crippen molar-refractivity contribution < 1.29 is 17.9 Å². The molecule has 94 valence electrons. The van der Waals surface area contributed by atoms with Crippen LogP contribution in [0, 0.1) is 0 Å². The zero-order valence-corrected chi connectivity index (χ0v) is 9.94. The summed E-state index contributed by atoms with van der Waals surface area (Å²) in [6.07, 6.45) is 0.162. The molecule has 0 aliphatic carbocycles. The third kappa shape index (κ3) is 4.51. The molecule has 1 aromatic carbocycles. The van der Waals surface area contributed by atoms with Gasteiger partial charge in [-0.05, 0) is 17.7 Å². The van der Waals surface area contributed by atoms with Gasteiger partial charge in [-0.1, -0.05) is 12.1 Å². The molecule has 0 aliphatic heterocycles. The number of nitrogens with two attached hydrogens (primary N) is 2. The lowest BCUT2D eigenvalue weighted by Crippen LogP contribution is -2.12. The zero-order chi connectivity index (χ0) is 12.9. The maximum atomic E-state index is 11.0. The molecule has 0 aromatic heterocycles. The third-order valence-corrected chi connectivity index (χ3v) is 2.93. The number of sulfonamides is 1. The minimum atomic E-state index is -3.68. The molecule has 0 radical (unpaired) electrons. The highest BCUT2D eigenvalue weighted by Gasteiger charge is 2.07. The van der Waals surface area contributed by atoms with E-state index in [0.717, 1.165) is 0 Å². The van der Waals surface area contributed by atoms with E-state index < -0.39 is 10.0 Å². The van der Waals surface area contributed by atoms with E-state index in [2.05, 4.69) is 0 Å². The Morgan fingerprint density at radius 3 is 2.29 bits per heavy atom. The molecule has 0 saturated heterocycles. The summed E-state index contributed by atoms with van der Waals surface area (Å²) < 4.78 is 26.8. The molecule has 17 heavy (non-hydrogen) atoms. The van der Waals surface area contributed by atoms with Gasteiger partial charge in [0.15, 0.2) is 0 Å². The number of hydrogen-bond donors (Lipinski definition) is 2. The van der Waals surface area contributed by atoms with Crippen molar-refractivity contribution in [1.29, 1.82) is 0 Å². The minimum absolute atomic E-state index is 0.0227. The number of carbonyl (C=O) groups excluding carboxylic acids is 1. The summed E-state index contributed by atoms with van der Waals surface area (Å²) >= 11 is 0. The van der Waals surface area contributed by atoms with Gasteiger partial charge in [0.05, 0.1) is 11.3 Å². The normalized spacial score (nSPS) is 11.2. The van der Waals surface area contributed by atoms with Crippen LogP contribution in [-0.2, 0) is 26.2 Å². The first-order valence-corrected chi connectivity index (χ1v) is 6.45. The van der Waals surface area contributed by atoms with E-state index in [-0.39, 0.29) is 30.4 Å². The van der Waals surface area contributed by atoms with E-state index in [0.29, 0.717) is 5.56 Å². The Hall–Kier alpha value is -1.44. The molecule has 6 nitrogen and oxygen atoms in total. The van der Waals surface area contributed by atoms with E-state index in [1.54, 1.807) is 0 Å². The van der Waals surface area contributed by atoms with Gasteiger partial charge in [0, 0.05) is 6.54 Å². The van der Waals surface area contributed by atoms with Crippen LogP contribution in [0.15, 0.2) is 29.2 Å². The average Bonchev–Trinajstić information content (AvgIpc) is 2.26. The van der Waals surface area contributed by atoms with Gasteiger partial charge in [-0.15, -0.1) is 0 Å². The van der Waals surface area contributed by atoms with Crippen molar-refractivity contribution in [2.24, 2.45) is 10.9 Å². The second-order valence-electron chi connectivity index (χ2n) is 3.39. The second-order valence-corrected chi connectivity index (χ2v) is 4.95. The van der Waals surface area contributed by atoms with E-state index in [9.17, 15) is 13.2 Å². The van der Waals surface area contributed by atoms with Crippen LogP contribution in [0.4, 0.5) is 0 Å². The average molecular weight is 258 g/mol. The van der Waals surface area contributed by atoms with Crippen LogP contribution in [0.3, 0.4) is 0 Å². The van der Waals surface area contributed by atoms with Crippen LogP contribution in [0.25, 0.3) is 0 Å². The summed E-state index contributed by atoms with van der Waals surface area (Å²) in [5.41, 5.74) is 5.87. The molecule has 0 bridgehead atoms. The number of carbonyl (C=O) groups is 1. The Balaban J connectivity index is 2.60. The Labute approximate surface area is 99.6 Å². The van der Waals surface area contributed by atoms with E-state index in [1.165, 1.54) is 24.3 Å². The highest BCUT2D eigenvalue weighted by Crippen LogP contribution is 2.09. The molecule has 7 heteroatoms. The van der Waals surface area contributed by atoms with E-state index >= 15 is 0 Å². The Morgan fingerprint density at radius 1 is 1.24 bits per heavy atom. The minimum Gasteiger partial charge on any atom is -0.461 e. The maximum Gasteiger partial charge on any atom is 0.307 e. The molecule has 4 N–H and O–H groups in total. The van der Waals surface area contributed by atoms with E-state index in [1.807, 2.05) is 0 Å². The van der Waals surface area contributed by atoms with Gasteiger partial charge >= 0.3 is 5.97 Å². The summed E-state index contributed by atoms with van der Waals surface area (Å²) in [6, 6.07) is 5.80. The summed E-state index contributed by atoms with van der Waals surface area (Å²) in [5.74, 6) is -0.386. The molecule has 0 atom stereocenters. The first-order chi connectivity index (χ1) is 7.93. The molecule has 0 spiro atoms. The van der Waals surface area contributed by atoms with Crippen molar-refractivity contribution in [1.82, 2.24) is 0 Å². The lowest BCUT2D eigenvalue weighted by molar-refractivity contribution is -0.144. The van der Waals surface area contributed by atoms with Crippen molar-refractivity contribution >= 4 is 16.0 Å². The van der Waals surface area contributed by atoms with Crippen LogP contribution in [0.1, 0.15) is 12.0 Å². The lowest BCUT2D eigenvalue weighted by atomic mass is 10.2. The number of ether oxygens (including phenoxy) is 1. The molecule has 1 aromatic rings. The summed E-state index contributed by atoms with van der Waals surface area (Å²) in [5, 5.41) is 4.94. The Bertz CT molecular complexity index is 482. The quantitative estimate of drug-likeness (QED) is 0.706. The van der Waals surface area contributed by atoms with Crippen molar-refractivity contribution in [2.45, 2.75) is 17.9 Å². The Kier molecular flexibility index (Phi) is 4.62. The standard InChI is InChI=1S/C10H14N2O4S/c11-6-5-10(13)16-7-8-1-3-9(4-2-8)17(12,14)15/h1-4H,5-7,11H2,(H2,12,14,15). The molecule has 1 rings (SSSR count). The number of rotatable bonds is 5. The van der Waals surface area contributed by atoms with Crippen LogP contribution < -0.4 is 10.9 Å². The predicted molar refractivity (Wildman–Crippen MR) is 61.3 cm³/mol. The first-order valence-electron chi connectivity index (χ1n) is 4.91. The van der Waals surface area contributed by atoms with Crippen molar-refractivity contribution in [2.75, 3.05) is 6.54 Å². The highest BCUT2D eigenvalue weighted by atomic mass is 32.2.